The Morgan fingerprint density at radius 2 is 1.32 bits per heavy atom. The number of benzene rings is 2. The van der Waals surface area contributed by atoms with Crippen LogP contribution in [0.1, 0.15) is 11.1 Å². The van der Waals surface area contributed by atoms with Crippen molar-refractivity contribution in [3.05, 3.63) is 70.9 Å². The first-order chi connectivity index (χ1) is 13.5. The summed E-state index contributed by atoms with van der Waals surface area (Å²) in [7, 11) is 3.26. The average Bonchev–Trinajstić information content (AvgIpc) is 2.71. The van der Waals surface area contributed by atoms with E-state index in [1.54, 1.807) is 14.2 Å². The van der Waals surface area contributed by atoms with Gasteiger partial charge in [-0.1, -0.05) is 35.9 Å². The summed E-state index contributed by atoms with van der Waals surface area (Å²) in [5, 5.41) is 16.5. The van der Waals surface area contributed by atoms with Crippen molar-refractivity contribution in [2.24, 2.45) is 4.99 Å². The Morgan fingerprint density at radius 1 is 0.857 bits per heavy atom. The second-order valence-electron chi connectivity index (χ2n) is 6.24. The molecule has 1 aliphatic heterocycles. The summed E-state index contributed by atoms with van der Waals surface area (Å²) in [6.45, 7) is 1.02. The number of nitrogens with zero attached hydrogens (tertiary/aromatic N) is 2. The second-order valence-corrected chi connectivity index (χ2v) is 6.63. The van der Waals surface area contributed by atoms with Gasteiger partial charge in [0.05, 0.1) is 19.9 Å². The third kappa shape index (κ3) is 4.58. The van der Waals surface area contributed by atoms with Crippen LogP contribution in [0.2, 0.25) is 0 Å². The molecular formula is C21H21ClN4O2. The van der Waals surface area contributed by atoms with Crippen molar-refractivity contribution in [2.75, 3.05) is 14.2 Å². The Labute approximate surface area is 169 Å². The van der Waals surface area contributed by atoms with Crippen LogP contribution in [0.25, 0.3) is 0 Å². The Balaban J connectivity index is 1.91. The monoisotopic (exact) mass is 396 g/mol. The zero-order valence-corrected chi connectivity index (χ0v) is 16.5. The van der Waals surface area contributed by atoms with Gasteiger partial charge in [0, 0.05) is 19.2 Å². The van der Waals surface area contributed by atoms with Gasteiger partial charge in [-0.15, -0.1) is 0 Å². The molecule has 2 N–H and O–H groups in total. The Kier molecular flexibility index (Phi) is 6.11. The maximum Gasteiger partial charge on any atom is 0.158 e. The predicted octanol–water partition coefficient (Wildman–Crippen LogP) is 4.24. The van der Waals surface area contributed by atoms with Gasteiger partial charge < -0.3 is 14.4 Å². The summed E-state index contributed by atoms with van der Waals surface area (Å²) in [5.41, 5.74) is 2.15. The molecule has 0 unspecified atom stereocenters. The quantitative estimate of drug-likeness (QED) is 0.716. The van der Waals surface area contributed by atoms with Gasteiger partial charge in [-0.05, 0) is 35.4 Å². The minimum Gasteiger partial charge on any atom is -0.497 e. The van der Waals surface area contributed by atoms with Crippen LogP contribution < -0.4 is 9.47 Å². The molecule has 3 rings (SSSR count). The molecule has 0 saturated carbocycles. The topological polar surface area (TPSA) is 81.8 Å². The van der Waals surface area contributed by atoms with Crippen LogP contribution in [-0.2, 0) is 13.1 Å². The fourth-order valence-corrected chi connectivity index (χ4v) is 3.03. The fraction of sp³-hybridized carbons (Fsp3) is 0.190. The zero-order chi connectivity index (χ0) is 20.1. The van der Waals surface area contributed by atoms with Crippen molar-refractivity contribution < 1.29 is 9.47 Å². The van der Waals surface area contributed by atoms with E-state index in [0.717, 1.165) is 22.6 Å². The third-order valence-electron chi connectivity index (χ3n) is 4.33. The van der Waals surface area contributed by atoms with Crippen LogP contribution in [0.15, 0.2) is 64.8 Å². The highest BCUT2D eigenvalue weighted by Gasteiger charge is 2.23. The lowest BCUT2D eigenvalue weighted by atomic mass is 10.1. The van der Waals surface area contributed by atoms with Gasteiger partial charge in [-0.25, -0.2) is 4.99 Å². The van der Waals surface area contributed by atoms with E-state index < -0.39 is 0 Å². The van der Waals surface area contributed by atoms with E-state index >= 15 is 0 Å². The number of methoxy groups -OCH3 is 2. The SMILES string of the molecule is COc1ccc(CN(Cc2ccc(OC)cc2)C2=NC(Cl)=CC(=N)C2=N)cc1. The van der Waals surface area contributed by atoms with Crippen molar-refractivity contribution in [3.8, 4) is 11.5 Å². The number of ether oxygens (including phenoxy) is 2. The average molecular weight is 397 g/mol. The van der Waals surface area contributed by atoms with E-state index in [2.05, 4.69) is 4.99 Å². The molecule has 0 aromatic heterocycles. The van der Waals surface area contributed by atoms with Crippen LogP contribution >= 0.6 is 11.6 Å². The Hall–Kier alpha value is -3.12. The molecule has 7 heteroatoms. The van der Waals surface area contributed by atoms with Gasteiger partial charge in [0.1, 0.15) is 22.4 Å². The highest BCUT2D eigenvalue weighted by atomic mass is 35.5. The predicted molar refractivity (Wildman–Crippen MR) is 112 cm³/mol. The highest BCUT2D eigenvalue weighted by molar-refractivity contribution is 6.70. The van der Waals surface area contributed by atoms with Gasteiger partial charge in [-0.3, -0.25) is 10.8 Å². The number of hydrogen-bond acceptors (Lipinski definition) is 6. The zero-order valence-electron chi connectivity index (χ0n) is 15.7. The Morgan fingerprint density at radius 3 is 1.75 bits per heavy atom. The Bertz CT molecular complexity index is 884. The number of halogens is 1. The summed E-state index contributed by atoms with van der Waals surface area (Å²) in [5.74, 6) is 1.94. The molecule has 1 aliphatic rings. The fourth-order valence-electron chi connectivity index (χ4n) is 2.84. The minimum absolute atomic E-state index is 0.0458. The molecule has 6 nitrogen and oxygen atoms in total. The molecule has 1 heterocycles. The van der Waals surface area contributed by atoms with Crippen LogP contribution in [0.3, 0.4) is 0 Å². The number of rotatable bonds is 6. The maximum atomic E-state index is 8.29. The molecule has 0 atom stereocenters. The largest absolute Gasteiger partial charge is 0.497 e. The number of allylic oxidation sites excluding steroid dienone is 1. The number of aliphatic imine (C=N–C) groups is 1. The van der Waals surface area contributed by atoms with Crippen molar-refractivity contribution in [1.29, 1.82) is 10.8 Å². The van der Waals surface area contributed by atoms with Crippen molar-refractivity contribution in [2.45, 2.75) is 13.1 Å². The van der Waals surface area contributed by atoms with E-state index in [1.807, 2.05) is 53.4 Å². The summed E-state index contributed by atoms with van der Waals surface area (Å²) in [6, 6.07) is 15.4. The summed E-state index contributed by atoms with van der Waals surface area (Å²) in [6.07, 6.45) is 1.38. The van der Waals surface area contributed by atoms with Gasteiger partial charge in [0.25, 0.3) is 0 Å². The summed E-state index contributed by atoms with van der Waals surface area (Å²) in [4.78, 5) is 6.27. The highest BCUT2D eigenvalue weighted by Crippen LogP contribution is 2.20. The molecule has 2 aromatic carbocycles. The van der Waals surface area contributed by atoms with Gasteiger partial charge >= 0.3 is 0 Å². The van der Waals surface area contributed by atoms with E-state index in [4.69, 9.17) is 31.9 Å². The molecule has 2 aromatic rings. The molecular weight excluding hydrogens is 376 g/mol. The standard InChI is InChI=1S/C21H21ClN4O2/c1-27-16-7-3-14(4-8-16)12-26(13-15-5-9-17(28-2)10-6-15)21-20(24)18(23)11-19(22)25-21/h3-11,23-24H,12-13H2,1-2H3. The molecule has 28 heavy (non-hydrogen) atoms. The molecule has 0 bridgehead atoms. The molecule has 0 aliphatic carbocycles. The number of amidine groups is 1. The molecule has 0 fully saturated rings. The van der Waals surface area contributed by atoms with E-state index in [-0.39, 0.29) is 16.6 Å². The third-order valence-corrected chi connectivity index (χ3v) is 4.53. The first-order valence-electron chi connectivity index (χ1n) is 8.64. The van der Waals surface area contributed by atoms with E-state index in [1.165, 1.54) is 6.08 Å². The molecule has 0 saturated heterocycles. The van der Waals surface area contributed by atoms with Crippen LogP contribution in [0, 0.1) is 10.8 Å². The summed E-state index contributed by atoms with van der Waals surface area (Å²) >= 11 is 6.08. The summed E-state index contributed by atoms with van der Waals surface area (Å²) < 4.78 is 10.4. The van der Waals surface area contributed by atoms with Gasteiger partial charge in [0.15, 0.2) is 5.84 Å². The smallest absolute Gasteiger partial charge is 0.158 e. The van der Waals surface area contributed by atoms with Gasteiger partial charge in [-0.2, -0.15) is 0 Å². The van der Waals surface area contributed by atoms with Crippen molar-refractivity contribution in [1.82, 2.24) is 4.90 Å². The second kappa shape index (κ2) is 8.71. The molecule has 0 radical (unpaired) electrons. The lowest BCUT2D eigenvalue weighted by Crippen LogP contribution is -2.39. The first kappa shape index (κ1) is 19.6. The van der Waals surface area contributed by atoms with Crippen LogP contribution in [-0.4, -0.2) is 36.4 Å². The number of hydrogen-bond donors (Lipinski definition) is 2. The lowest BCUT2D eigenvalue weighted by molar-refractivity contribution is 0.403. The molecule has 0 amide bonds. The van der Waals surface area contributed by atoms with Crippen LogP contribution in [0.4, 0.5) is 0 Å². The molecule has 144 valence electrons. The van der Waals surface area contributed by atoms with Crippen LogP contribution in [0.5, 0.6) is 11.5 Å². The number of nitrogens with one attached hydrogen (secondary N) is 2. The van der Waals surface area contributed by atoms with E-state index in [9.17, 15) is 0 Å². The van der Waals surface area contributed by atoms with E-state index in [0.29, 0.717) is 18.9 Å². The van der Waals surface area contributed by atoms with Gasteiger partial charge in [0.2, 0.25) is 0 Å². The first-order valence-corrected chi connectivity index (χ1v) is 9.02. The minimum atomic E-state index is 0.0458. The maximum absolute atomic E-state index is 8.29. The normalized spacial score (nSPS) is 13.7. The lowest BCUT2D eigenvalue weighted by Gasteiger charge is -2.28. The molecule has 0 spiro atoms. The van der Waals surface area contributed by atoms with Crippen molar-refractivity contribution in [3.63, 3.8) is 0 Å². The van der Waals surface area contributed by atoms with Crippen molar-refractivity contribution >= 4 is 28.9 Å².